The van der Waals surface area contributed by atoms with Crippen LogP contribution in [0.2, 0.25) is 0 Å². The predicted octanol–water partition coefficient (Wildman–Crippen LogP) is 5.85. The molecule has 5 rings (SSSR count). The number of nitriles is 1. The number of rotatable bonds is 2. The highest BCUT2D eigenvalue weighted by molar-refractivity contribution is 6.02. The number of ketones is 1. The van der Waals surface area contributed by atoms with Crippen LogP contribution in [0.1, 0.15) is 37.2 Å². The van der Waals surface area contributed by atoms with E-state index in [0.29, 0.717) is 24.1 Å². The average Bonchev–Trinajstić information content (AvgIpc) is 2.86. The quantitative estimate of drug-likeness (QED) is 0.419. The van der Waals surface area contributed by atoms with Crippen molar-refractivity contribution in [3.8, 4) is 28.7 Å². The molecule has 2 heterocycles. The van der Waals surface area contributed by atoms with E-state index < -0.39 is 29.0 Å². The van der Waals surface area contributed by atoms with E-state index in [0.717, 1.165) is 12.3 Å². The fourth-order valence-electron chi connectivity index (χ4n) is 5.50. The van der Waals surface area contributed by atoms with Crippen molar-refractivity contribution in [3.05, 3.63) is 77.0 Å². The summed E-state index contributed by atoms with van der Waals surface area (Å²) in [4.78, 5) is 25.4. The monoisotopic (exact) mass is 492 g/mol. The fourth-order valence-corrected chi connectivity index (χ4v) is 5.50. The van der Waals surface area contributed by atoms with Crippen molar-refractivity contribution < 1.29 is 22.4 Å². The van der Waals surface area contributed by atoms with Crippen molar-refractivity contribution in [2.24, 2.45) is 11.8 Å². The zero-order chi connectivity index (χ0) is 25.8. The topological polar surface area (TPSA) is 79.5 Å². The van der Waals surface area contributed by atoms with Gasteiger partial charge in [-0.25, -0.2) is 14.4 Å². The minimum atomic E-state index is -4.67. The zero-order valence-corrected chi connectivity index (χ0v) is 19.4. The van der Waals surface area contributed by atoms with Crippen molar-refractivity contribution in [2.75, 3.05) is 0 Å². The number of pyridine rings is 1. The standard InChI is InChI=1S/C27H20F4N4O/c1-14-19-8-7-18-22(17-5-3-4-6-20(17)28)34-25(15-9-10-33-21(11-15)27(29,30)31)35-24(18)26(19,2)12-16(13-32)23(14)36/h3-6,9-12,14,19H,7-8H2,1-2H3/t14?,19?,26-/m1/s1. The number of nitrogens with zero attached hydrogens (tertiary/aromatic N) is 4. The minimum Gasteiger partial charge on any atom is -0.293 e. The molecular formula is C27H20F4N4O. The Balaban J connectivity index is 1.82. The van der Waals surface area contributed by atoms with E-state index in [1.54, 1.807) is 31.2 Å². The normalized spacial score (nSPS) is 23.4. The molecule has 182 valence electrons. The number of Topliss-reactive ketones (excluding diaryl/α,β-unsaturated/α-hetero) is 1. The number of carbonyl (C=O) groups is 1. The summed E-state index contributed by atoms with van der Waals surface area (Å²) < 4.78 is 55.1. The Morgan fingerprint density at radius 3 is 2.61 bits per heavy atom. The van der Waals surface area contributed by atoms with Crippen LogP contribution in [0.4, 0.5) is 17.6 Å². The lowest BCUT2D eigenvalue weighted by molar-refractivity contribution is -0.141. The molecule has 3 atom stereocenters. The first-order chi connectivity index (χ1) is 17.0. The van der Waals surface area contributed by atoms with Gasteiger partial charge in [-0.15, -0.1) is 0 Å². The van der Waals surface area contributed by atoms with Crippen LogP contribution >= 0.6 is 0 Å². The second-order valence-electron chi connectivity index (χ2n) is 9.38. The maximum atomic E-state index is 14.9. The van der Waals surface area contributed by atoms with Gasteiger partial charge in [0, 0.05) is 34.2 Å². The summed E-state index contributed by atoms with van der Waals surface area (Å²) in [5.41, 5.74) is -0.242. The lowest BCUT2D eigenvalue weighted by atomic mass is 9.57. The summed E-state index contributed by atoms with van der Waals surface area (Å²) >= 11 is 0. The number of hydrogen-bond acceptors (Lipinski definition) is 5. The Hall–Kier alpha value is -3.93. The van der Waals surface area contributed by atoms with Gasteiger partial charge in [0.2, 0.25) is 0 Å². The fraction of sp³-hybridized carbons (Fsp3) is 0.296. The third-order valence-electron chi connectivity index (χ3n) is 7.28. The van der Waals surface area contributed by atoms with Crippen molar-refractivity contribution in [2.45, 2.75) is 38.3 Å². The van der Waals surface area contributed by atoms with E-state index in [-0.39, 0.29) is 39.9 Å². The molecule has 0 aliphatic heterocycles. The van der Waals surface area contributed by atoms with Crippen LogP contribution in [0.15, 0.2) is 54.2 Å². The third-order valence-corrected chi connectivity index (χ3v) is 7.28. The van der Waals surface area contributed by atoms with Gasteiger partial charge >= 0.3 is 6.18 Å². The molecule has 3 aromatic rings. The molecule has 0 saturated heterocycles. The third kappa shape index (κ3) is 3.68. The molecule has 5 nitrogen and oxygen atoms in total. The Kier molecular flexibility index (Phi) is 5.51. The number of carbonyl (C=O) groups excluding carboxylic acids is 1. The van der Waals surface area contributed by atoms with Crippen molar-refractivity contribution in [1.29, 1.82) is 5.26 Å². The van der Waals surface area contributed by atoms with Gasteiger partial charge in [-0.05, 0) is 43.0 Å². The molecule has 2 aromatic heterocycles. The molecular weight excluding hydrogens is 472 g/mol. The van der Waals surface area contributed by atoms with Gasteiger partial charge < -0.3 is 0 Å². The highest BCUT2D eigenvalue weighted by Gasteiger charge is 2.49. The molecule has 0 amide bonds. The van der Waals surface area contributed by atoms with E-state index in [4.69, 9.17) is 4.98 Å². The number of hydrogen-bond donors (Lipinski definition) is 0. The molecule has 0 N–H and O–H groups in total. The van der Waals surface area contributed by atoms with Crippen molar-refractivity contribution in [1.82, 2.24) is 15.0 Å². The number of benzene rings is 1. The van der Waals surface area contributed by atoms with Gasteiger partial charge in [-0.1, -0.05) is 32.1 Å². The summed E-state index contributed by atoms with van der Waals surface area (Å²) in [6.07, 6.45) is -0.990. The number of fused-ring (bicyclic) bond motifs is 3. The minimum absolute atomic E-state index is 0.0155. The Bertz CT molecular complexity index is 1470. The largest absolute Gasteiger partial charge is 0.433 e. The molecule has 0 radical (unpaired) electrons. The molecule has 2 aliphatic carbocycles. The van der Waals surface area contributed by atoms with Crippen LogP contribution in [0.3, 0.4) is 0 Å². The maximum absolute atomic E-state index is 14.9. The molecule has 0 bridgehead atoms. The summed E-state index contributed by atoms with van der Waals surface area (Å²) in [7, 11) is 0. The highest BCUT2D eigenvalue weighted by atomic mass is 19.4. The molecule has 0 spiro atoms. The molecule has 0 fully saturated rings. The number of alkyl halides is 3. The zero-order valence-electron chi connectivity index (χ0n) is 19.4. The number of allylic oxidation sites excluding steroid dienone is 2. The highest BCUT2D eigenvalue weighted by Crippen LogP contribution is 2.51. The first kappa shape index (κ1) is 23.8. The maximum Gasteiger partial charge on any atom is 0.433 e. The Morgan fingerprint density at radius 1 is 1.17 bits per heavy atom. The van der Waals surface area contributed by atoms with Gasteiger partial charge in [0.1, 0.15) is 17.6 Å². The van der Waals surface area contributed by atoms with Crippen LogP contribution < -0.4 is 0 Å². The lowest BCUT2D eigenvalue weighted by Crippen LogP contribution is -2.46. The van der Waals surface area contributed by atoms with Crippen molar-refractivity contribution >= 4 is 5.78 Å². The van der Waals surface area contributed by atoms with Crippen LogP contribution in [-0.4, -0.2) is 20.7 Å². The van der Waals surface area contributed by atoms with E-state index in [2.05, 4.69) is 9.97 Å². The second kappa shape index (κ2) is 8.33. The molecule has 36 heavy (non-hydrogen) atoms. The number of aromatic nitrogens is 3. The smallest absolute Gasteiger partial charge is 0.293 e. The molecule has 0 saturated carbocycles. The average molecular weight is 492 g/mol. The van der Waals surface area contributed by atoms with Gasteiger partial charge in [0.05, 0.1) is 17.0 Å². The van der Waals surface area contributed by atoms with E-state index >= 15 is 0 Å². The predicted molar refractivity (Wildman–Crippen MR) is 123 cm³/mol. The van der Waals surface area contributed by atoms with Crippen molar-refractivity contribution in [3.63, 3.8) is 0 Å². The molecule has 2 aliphatic rings. The van der Waals surface area contributed by atoms with Gasteiger partial charge in [0.25, 0.3) is 0 Å². The summed E-state index contributed by atoms with van der Waals surface area (Å²) in [5.74, 6) is -1.41. The first-order valence-electron chi connectivity index (χ1n) is 11.4. The van der Waals surface area contributed by atoms with Gasteiger partial charge in [-0.2, -0.15) is 18.4 Å². The van der Waals surface area contributed by atoms with Crippen LogP contribution in [0.5, 0.6) is 0 Å². The van der Waals surface area contributed by atoms with Crippen LogP contribution in [-0.2, 0) is 22.8 Å². The first-order valence-corrected chi connectivity index (χ1v) is 11.4. The van der Waals surface area contributed by atoms with Gasteiger partial charge in [0.15, 0.2) is 11.6 Å². The Morgan fingerprint density at radius 2 is 1.92 bits per heavy atom. The summed E-state index contributed by atoms with van der Waals surface area (Å²) in [5, 5.41) is 9.61. The van der Waals surface area contributed by atoms with E-state index in [9.17, 15) is 27.6 Å². The van der Waals surface area contributed by atoms with E-state index in [1.165, 1.54) is 12.1 Å². The van der Waals surface area contributed by atoms with E-state index in [1.807, 2.05) is 13.0 Å². The Labute approximate surface area is 204 Å². The lowest BCUT2D eigenvalue weighted by Gasteiger charge is -2.45. The van der Waals surface area contributed by atoms with Gasteiger partial charge in [-0.3, -0.25) is 9.78 Å². The SMILES string of the molecule is CC1C(=O)C(C#N)=C[C@@]2(C)c3nc(-c4ccnc(C(F)(F)F)c4)nc(-c4ccccc4F)c3CCC12. The summed E-state index contributed by atoms with van der Waals surface area (Å²) in [6, 6.07) is 10.3. The molecule has 2 unspecified atom stereocenters. The molecule has 1 aromatic carbocycles. The van der Waals surface area contributed by atoms with Crippen LogP contribution in [0.25, 0.3) is 22.6 Å². The summed E-state index contributed by atoms with van der Waals surface area (Å²) in [6.45, 7) is 3.64. The molecule has 9 heteroatoms. The second-order valence-corrected chi connectivity index (χ2v) is 9.38. The van der Waals surface area contributed by atoms with Crippen LogP contribution in [0, 0.1) is 29.0 Å². The number of halogens is 4.